The molecule has 4 fully saturated rings. The molecular formula is C37H51BrN4O8. The summed E-state index contributed by atoms with van der Waals surface area (Å²) in [6.07, 6.45) is 4.91. The normalized spacial score (nSPS) is 27.8. The number of alkyl halides is 1. The van der Waals surface area contributed by atoms with E-state index in [0.717, 1.165) is 13.1 Å². The van der Waals surface area contributed by atoms with Crippen molar-refractivity contribution >= 4 is 39.6 Å². The third kappa shape index (κ3) is 8.33. The van der Waals surface area contributed by atoms with Gasteiger partial charge in [0.2, 0.25) is 17.7 Å². The summed E-state index contributed by atoms with van der Waals surface area (Å²) in [7, 11) is 0. The molecule has 2 bridgehead atoms. The van der Waals surface area contributed by atoms with Crippen LogP contribution in [0.15, 0.2) is 55.6 Å². The number of benzene rings is 1. The molecule has 0 radical (unpaired) electrons. The lowest BCUT2D eigenvalue weighted by Gasteiger charge is -2.38. The molecule has 12 nitrogen and oxygen atoms in total. The van der Waals surface area contributed by atoms with E-state index in [1.54, 1.807) is 22.0 Å². The van der Waals surface area contributed by atoms with Gasteiger partial charge in [-0.05, 0) is 37.7 Å². The van der Waals surface area contributed by atoms with Crippen molar-refractivity contribution in [1.29, 1.82) is 0 Å². The van der Waals surface area contributed by atoms with Crippen LogP contribution in [0.2, 0.25) is 0 Å². The van der Waals surface area contributed by atoms with Crippen molar-refractivity contribution in [2.75, 3.05) is 65.6 Å². The number of amides is 3. The third-order valence-electron chi connectivity index (χ3n) is 10.3. The minimum absolute atomic E-state index is 0.0405. The van der Waals surface area contributed by atoms with E-state index < -0.39 is 41.7 Å². The van der Waals surface area contributed by atoms with E-state index in [1.807, 2.05) is 30.3 Å². The minimum atomic E-state index is -1.23. The van der Waals surface area contributed by atoms with Crippen LogP contribution in [0.1, 0.15) is 50.2 Å². The summed E-state index contributed by atoms with van der Waals surface area (Å²) < 4.78 is 18.4. The van der Waals surface area contributed by atoms with Gasteiger partial charge in [0.1, 0.15) is 17.7 Å². The van der Waals surface area contributed by atoms with E-state index in [1.165, 1.54) is 0 Å². The topological polar surface area (TPSA) is 138 Å². The summed E-state index contributed by atoms with van der Waals surface area (Å²) >= 11 is 3.75. The Morgan fingerprint density at radius 3 is 2.58 bits per heavy atom. The van der Waals surface area contributed by atoms with Gasteiger partial charge < -0.3 is 34.4 Å². The Morgan fingerprint density at radius 2 is 1.88 bits per heavy atom. The third-order valence-corrected chi connectivity index (χ3v) is 11.1. The van der Waals surface area contributed by atoms with Crippen LogP contribution in [0.25, 0.3) is 0 Å². The fourth-order valence-corrected chi connectivity index (χ4v) is 8.78. The fourth-order valence-electron chi connectivity index (χ4n) is 7.84. The highest BCUT2D eigenvalue weighted by molar-refractivity contribution is 9.09. The van der Waals surface area contributed by atoms with Crippen molar-refractivity contribution in [2.45, 2.75) is 67.2 Å². The number of carbonyl (C=O) groups excluding carboxylic acids is 4. The summed E-state index contributed by atoms with van der Waals surface area (Å²) in [5.74, 6) is -3.18. The van der Waals surface area contributed by atoms with Crippen LogP contribution in [0.3, 0.4) is 0 Å². The van der Waals surface area contributed by atoms with E-state index in [-0.39, 0.29) is 42.1 Å². The quantitative estimate of drug-likeness (QED) is 0.0945. The number of hydrogen-bond acceptors (Lipinski definition) is 9. The number of allylic oxidation sites excluding steroid dienone is 1. The first-order chi connectivity index (χ1) is 24.2. The first-order valence-electron chi connectivity index (χ1n) is 17.8. The van der Waals surface area contributed by atoms with E-state index in [4.69, 9.17) is 14.2 Å². The molecule has 2 N–H and O–H groups in total. The van der Waals surface area contributed by atoms with Gasteiger partial charge in [0.25, 0.3) is 0 Å². The number of likely N-dealkylation sites (tertiary alicyclic amines) is 1. The maximum absolute atomic E-state index is 14.7. The maximum Gasteiger partial charge on any atom is 0.313 e. The van der Waals surface area contributed by atoms with E-state index in [0.29, 0.717) is 77.1 Å². The Hall–Kier alpha value is -3.10. The number of esters is 1. The Morgan fingerprint density at radius 1 is 1.12 bits per heavy atom. The van der Waals surface area contributed by atoms with Crippen molar-refractivity contribution in [3.05, 3.63) is 61.2 Å². The molecule has 4 aliphatic heterocycles. The molecule has 0 aliphatic carbocycles. The average molecular weight is 760 g/mol. The van der Waals surface area contributed by atoms with Crippen molar-refractivity contribution in [3.8, 4) is 0 Å². The average Bonchev–Trinajstić information content (AvgIpc) is 3.72. The van der Waals surface area contributed by atoms with Crippen LogP contribution in [0.4, 0.5) is 0 Å². The van der Waals surface area contributed by atoms with Crippen LogP contribution >= 0.6 is 15.9 Å². The van der Waals surface area contributed by atoms with Gasteiger partial charge in [-0.25, -0.2) is 0 Å². The van der Waals surface area contributed by atoms with Gasteiger partial charge in [-0.1, -0.05) is 58.4 Å². The van der Waals surface area contributed by atoms with Gasteiger partial charge >= 0.3 is 5.97 Å². The highest BCUT2D eigenvalue weighted by atomic mass is 79.9. The number of unbranched alkanes of at least 4 members (excludes halogenated alkanes) is 2. The number of ether oxygens (including phenoxy) is 3. The molecule has 4 aliphatic rings. The Balaban J connectivity index is 1.41. The summed E-state index contributed by atoms with van der Waals surface area (Å²) in [4.78, 5) is 61.3. The van der Waals surface area contributed by atoms with Crippen LogP contribution in [0, 0.1) is 11.8 Å². The molecule has 4 heterocycles. The SMILES string of the molecule is C=CCCC(=O)NC[C@H](OC(=O)[C@H]1[C@@H]2O[C@@]3(CC2Br)[C@@H]1C(=O)N(CCCCCO)[C@@H]3C(=O)N(CC=C)CCN1CCOCC1)c1ccccc1. The first kappa shape index (κ1) is 38.1. The van der Waals surface area contributed by atoms with Gasteiger partial charge in [0, 0.05) is 57.1 Å². The van der Waals surface area contributed by atoms with E-state index in [2.05, 4.69) is 39.3 Å². The molecule has 0 saturated carbocycles. The summed E-state index contributed by atoms with van der Waals surface area (Å²) in [6, 6.07) is 8.24. The number of rotatable bonds is 19. The van der Waals surface area contributed by atoms with Crippen molar-refractivity contribution < 1.29 is 38.5 Å². The molecule has 13 heteroatoms. The predicted octanol–water partition coefficient (Wildman–Crippen LogP) is 2.61. The lowest BCUT2D eigenvalue weighted by Crippen LogP contribution is -2.57. The Kier molecular flexibility index (Phi) is 13.7. The summed E-state index contributed by atoms with van der Waals surface area (Å²) in [5, 5.41) is 12.2. The number of fused-ring (bicyclic) bond motifs is 1. The van der Waals surface area contributed by atoms with Gasteiger partial charge in [-0.15, -0.1) is 13.2 Å². The zero-order valence-corrected chi connectivity index (χ0v) is 30.3. The molecule has 1 unspecified atom stereocenters. The zero-order chi connectivity index (χ0) is 35.7. The van der Waals surface area contributed by atoms with Gasteiger partial charge in [0.05, 0.1) is 37.7 Å². The second-order valence-corrected chi connectivity index (χ2v) is 14.7. The molecule has 5 rings (SSSR count). The minimum Gasteiger partial charge on any atom is -0.455 e. The highest BCUT2D eigenvalue weighted by Gasteiger charge is 2.77. The second kappa shape index (κ2) is 17.9. The van der Waals surface area contributed by atoms with Crippen LogP contribution in [0.5, 0.6) is 0 Å². The first-order valence-corrected chi connectivity index (χ1v) is 18.7. The van der Waals surface area contributed by atoms with Gasteiger partial charge in [-0.2, -0.15) is 0 Å². The van der Waals surface area contributed by atoms with Crippen LogP contribution < -0.4 is 5.32 Å². The molecule has 1 spiro atoms. The zero-order valence-electron chi connectivity index (χ0n) is 28.8. The summed E-state index contributed by atoms with van der Waals surface area (Å²) in [6.45, 7) is 12.2. The fraction of sp³-hybridized carbons (Fsp3) is 0.622. The molecule has 7 atom stereocenters. The maximum atomic E-state index is 14.7. The number of carbonyl (C=O) groups is 4. The van der Waals surface area contributed by atoms with Gasteiger partial charge in [-0.3, -0.25) is 24.1 Å². The number of aliphatic hydroxyl groups is 1. The lowest BCUT2D eigenvalue weighted by molar-refractivity contribution is -0.160. The second-order valence-electron chi connectivity index (χ2n) is 13.5. The molecule has 4 saturated heterocycles. The molecule has 50 heavy (non-hydrogen) atoms. The van der Waals surface area contributed by atoms with Crippen LogP contribution in [-0.2, 0) is 33.4 Å². The number of hydrogen-bond donors (Lipinski definition) is 2. The molecule has 1 aromatic rings. The van der Waals surface area contributed by atoms with E-state index in [9.17, 15) is 24.3 Å². The standard InChI is InChI=1S/C37H51BrN4O8/c1-3-5-14-29(44)39-25-28(26-12-8-6-9-13-26)49-36(47)30-31-34(45)42(16-10-7-11-21-43)33(37(31)24-27(38)32(30)50-37)35(46)41(15-4-2)18-17-40-19-22-48-23-20-40/h3-4,6,8-9,12-13,27-28,30-33,43H,1-2,5,7,10-11,14-25H2,(H,39,44)/t27?,28-,30+,31-,32+,33+,37-/m0/s1. The van der Waals surface area contributed by atoms with Gasteiger partial charge in [0.15, 0.2) is 0 Å². The number of nitrogens with zero attached hydrogens (tertiary/aromatic N) is 3. The molecule has 3 amide bonds. The monoisotopic (exact) mass is 758 g/mol. The Bertz CT molecular complexity index is 1360. The Labute approximate surface area is 303 Å². The lowest BCUT2D eigenvalue weighted by atomic mass is 9.70. The molecule has 0 aromatic heterocycles. The molecule has 274 valence electrons. The molecule has 1 aromatic carbocycles. The number of nitrogens with one attached hydrogen (secondary N) is 1. The van der Waals surface area contributed by atoms with E-state index >= 15 is 0 Å². The number of morpholine rings is 1. The van der Waals surface area contributed by atoms with Crippen molar-refractivity contribution in [3.63, 3.8) is 0 Å². The predicted molar refractivity (Wildman–Crippen MR) is 190 cm³/mol. The number of halogens is 1. The van der Waals surface area contributed by atoms with Crippen molar-refractivity contribution in [1.82, 2.24) is 20.0 Å². The smallest absolute Gasteiger partial charge is 0.313 e. The highest BCUT2D eigenvalue weighted by Crippen LogP contribution is 2.60. The van der Waals surface area contributed by atoms with Crippen LogP contribution in [-0.4, -0.2) is 132 Å². The van der Waals surface area contributed by atoms with Crippen molar-refractivity contribution in [2.24, 2.45) is 11.8 Å². The number of aliphatic hydroxyl groups excluding tert-OH is 1. The largest absolute Gasteiger partial charge is 0.455 e. The summed E-state index contributed by atoms with van der Waals surface area (Å²) in [5.41, 5.74) is -0.525. The molecular weight excluding hydrogens is 708 g/mol.